The predicted molar refractivity (Wildman–Crippen MR) is 116 cm³/mol. The molecule has 0 aliphatic carbocycles. The molecular weight excluding hydrogens is 382 g/mol. The van der Waals surface area contributed by atoms with Crippen LogP contribution < -0.4 is 16.3 Å². The lowest BCUT2D eigenvalue weighted by Gasteiger charge is -2.07. The van der Waals surface area contributed by atoms with Crippen LogP contribution in [-0.2, 0) is 17.9 Å². The van der Waals surface area contributed by atoms with E-state index in [1.54, 1.807) is 26.5 Å². The largest absolute Gasteiger partial charge is 0.497 e. The first kappa shape index (κ1) is 20.9. The van der Waals surface area contributed by atoms with Crippen molar-refractivity contribution < 1.29 is 9.47 Å². The number of methoxy groups -OCH3 is 2. The number of anilines is 1. The Kier molecular flexibility index (Phi) is 7.01. The molecule has 3 aromatic rings. The number of nitrogen functional groups attached to an aromatic ring is 1. The predicted octanol–water partition coefficient (Wildman–Crippen LogP) is 2.21. The number of nitrogens with two attached hydrogens (primary N) is 2. The second kappa shape index (κ2) is 10.1. The topological polar surface area (TPSA) is 134 Å². The molecule has 0 radical (unpaired) electrons. The SMILES string of the molecule is COCc1cccc(CN=CC(=NN)c2cc(-c3cccc(OC)c3)nc(N)n2)n1. The van der Waals surface area contributed by atoms with E-state index in [9.17, 15) is 0 Å². The molecule has 0 aliphatic rings. The quantitative estimate of drug-likeness (QED) is 0.333. The Balaban J connectivity index is 1.82. The van der Waals surface area contributed by atoms with Crippen LogP contribution in [0.1, 0.15) is 17.1 Å². The average Bonchev–Trinajstić information content (AvgIpc) is 2.77. The van der Waals surface area contributed by atoms with Gasteiger partial charge in [0.25, 0.3) is 0 Å². The van der Waals surface area contributed by atoms with Crippen molar-refractivity contribution in [1.29, 1.82) is 0 Å². The number of pyridine rings is 1. The summed E-state index contributed by atoms with van der Waals surface area (Å²) in [7, 11) is 3.23. The number of benzene rings is 1. The van der Waals surface area contributed by atoms with Crippen LogP contribution in [0.15, 0.2) is 58.6 Å². The average molecular weight is 405 g/mol. The second-order valence-electron chi connectivity index (χ2n) is 6.27. The first-order valence-electron chi connectivity index (χ1n) is 9.13. The Morgan fingerprint density at radius 2 is 1.83 bits per heavy atom. The Labute approximate surface area is 174 Å². The Morgan fingerprint density at radius 1 is 1.03 bits per heavy atom. The molecule has 0 fully saturated rings. The molecule has 0 bridgehead atoms. The van der Waals surface area contributed by atoms with Crippen LogP contribution in [0, 0.1) is 0 Å². The van der Waals surface area contributed by atoms with Crippen LogP contribution >= 0.6 is 0 Å². The van der Waals surface area contributed by atoms with E-state index in [-0.39, 0.29) is 5.95 Å². The summed E-state index contributed by atoms with van der Waals surface area (Å²) in [6.45, 7) is 0.806. The molecule has 0 aliphatic heterocycles. The summed E-state index contributed by atoms with van der Waals surface area (Å²) in [5.74, 6) is 6.39. The molecule has 9 nitrogen and oxygen atoms in total. The van der Waals surface area contributed by atoms with E-state index < -0.39 is 0 Å². The molecule has 1 aromatic carbocycles. The zero-order chi connectivity index (χ0) is 21.3. The maximum Gasteiger partial charge on any atom is 0.221 e. The number of nitrogens with zero attached hydrogens (tertiary/aromatic N) is 5. The van der Waals surface area contributed by atoms with Crippen LogP contribution in [0.2, 0.25) is 0 Å². The van der Waals surface area contributed by atoms with E-state index in [1.165, 1.54) is 0 Å². The molecule has 0 unspecified atom stereocenters. The monoisotopic (exact) mass is 405 g/mol. The molecule has 2 heterocycles. The van der Waals surface area contributed by atoms with Crippen molar-refractivity contribution in [1.82, 2.24) is 15.0 Å². The Morgan fingerprint density at radius 3 is 2.60 bits per heavy atom. The van der Waals surface area contributed by atoms with Gasteiger partial charge in [0, 0.05) is 12.7 Å². The standard InChI is InChI=1S/C21H23N7O2/c1-29-13-16-7-4-6-15(25-16)11-24-12-20(28-23)19-10-18(26-21(22)27-19)14-5-3-8-17(9-14)30-2/h3-10,12H,11,13,23H2,1-2H3,(H2,22,26,27). The highest BCUT2D eigenvalue weighted by Gasteiger charge is 2.10. The molecule has 4 N–H and O–H groups in total. The third kappa shape index (κ3) is 5.36. The van der Waals surface area contributed by atoms with Crippen LogP contribution in [0.5, 0.6) is 5.75 Å². The minimum atomic E-state index is 0.105. The fourth-order valence-corrected chi connectivity index (χ4v) is 2.76. The van der Waals surface area contributed by atoms with Gasteiger partial charge in [-0.25, -0.2) is 9.97 Å². The number of aliphatic imine (C=N–C) groups is 1. The zero-order valence-electron chi connectivity index (χ0n) is 16.8. The summed E-state index contributed by atoms with van der Waals surface area (Å²) in [6.07, 6.45) is 1.54. The second-order valence-corrected chi connectivity index (χ2v) is 6.27. The maximum absolute atomic E-state index is 5.91. The van der Waals surface area contributed by atoms with Crippen molar-refractivity contribution in [2.45, 2.75) is 13.2 Å². The highest BCUT2D eigenvalue weighted by atomic mass is 16.5. The highest BCUT2D eigenvalue weighted by molar-refractivity contribution is 6.37. The molecular formula is C21H23N7O2. The van der Waals surface area contributed by atoms with Crippen molar-refractivity contribution in [2.75, 3.05) is 20.0 Å². The van der Waals surface area contributed by atoms with Gasteiger partial charge in [-0.05, 0) is 30.3 Å². The first-order valence-corrected chi connectivity index (χ1v) is 9.13. The molecule has 0 saturated heterocycles. The lowest BCUT2D eigenvalue weighted by atomic mass is 10.1. The molecule has 2 aromatic heterocycles. The van der Waals surface area contributed by atoms with Crippen LogP contribution in [0.25, 0.3) is 11.3 Å². The fourth-order valence-electron chi connectivity index (χ4n) is 2.76. The zero-order valence-corrected chi connectivity index (χ0v) is 16.8. The smallest absolute Gasteiger partial charge is 0.221 e. The van der Waals surface area contributed by atoms with E-state index in [0.717, 1.165) is 17.0 Å². The van der Waals surface area contributed by atoms with Gasteiger partial charge in [-0.1, -0.05) is 18.2 Å². The van der Waals surface area contributed by atoms with Crippen molar-refractivity contribution in [3.8, 4) is 17.0 Å². The minimum Gasteiger partial charge on any atom is -0.497 e. The van der Waals surface area contributed by atoms with Crippen LogP contribution in [0.3, 0.4) is 0 Å². The summed E-state index contributed by atoms with van der Waals surface area (Å²) in [4.78, 5) is 17.4. The molecule has 0 atom stereocenters. The number of aromatic nitrogens is 3. The van der Waals surface area contributed by atoms with Gasteiger partial charge in [-0.3, -0.25) is 9.98 Å². The third-order valence-corrected chi connectivity index (χ3v) is 4.13. The number of hydrazone groups is 1. The lowest BCUT2D eigenvalue weighted by Crippen LogP contribution is -2.11. The van der Waals surface area contributed by atoms with Gasteiger partial charge in [-0.2, -0.15) is 5.10 Å². The maximum atomic E-state index is 5.91. The molecule has 30 heavy (non-hydrogen) atoms. The van der Waals surface area contributed by atoms with Crippen molar-refractivity contribution in [3.63, 3.8) is 0 Å². The number of rotatable bonds is 8. The number of ether oxygens (including phenoxy) is 2. The normalized spacial score (nSPS) is 11.7. The summed E-state index contributed by atoms with van der Waals surface area (Å²) in [6, 6.07) is 14.9. The van der Waals surface area contributed by atoms with Gasteiger partial charge in [0.15, 0.2) is 0 Å². The number of hydrogen-bond donors (Lipinski definition) is 2. The van der Waals surface area contributed by atoms with E-state index >= 15 is 0 Å². The van der Waals surface area contributed by atoms with Crippen molar-refractivity contribution >= 4 is 17.9 Å². The van der Waals surface area contributed by atoms with Gasteiger partial charge in [0.05, 0.1) is 49.3 Å². The van der Waals surface area contributed by atoms with E-state index in [0.29, 0.717) is 36.0 Å². The molecule has 9 heteroatoms. The van der Waals surface area contributed by atoms with Gasteiger partial charge < -0.3 is 21.1 Å². The van der Waals surface area contributed by atoms with E-state index in [2.05, 4.69) is 25.0 Å². The molecule has 0 amide bonds. The Hall–Kier alpha value is -3.85. The summed E-state index contributed by atoms with van der Waals surface area (Å²) < 4.78 is 10.4. The molecule has 154 valence electrons. The van der Waals surface area contributed by atoms with Crippen molar-refractivity contribution in [3.05, 3.63) is 65.6 Å². The summed E-state index contributed by atoms with van der Waals surface area (Å²) in [5, 5.41) is 3.80. The van der Waals surface area contributed by atoms with Gasteiger partial charge in [0.2, 0.25) is 5.95 Å². The van der Waals surface area contributed by atoms with Crippen molar-refractivity contribution in [2.24, 2.45) is 15.9 Å². The first-order chi connectivity index (χ1) is 14.6. The van der Waals surface area contributed by atoms with Gasteiger partial charge in [-0.15, -0.1) is 0 Å². The highest BCUT2D eigenvalue weighted by Crippen LogP contribution is 2.23. The van der Waals surface area contributed by atoms with E-state index in [1.807, 2.05) is 42.5 Å². The molecule has 0 saturated carbocycles. The minimum absolute atomic E-state index is 0.105. The summed E-state index contributed by atoms with van der Waals surface area (Å²) in [5.41, 5.74) is 9.85. The Bertz CT molecular complexity index is 1070. The van der Waals surface area contributed by atoms with Gasteiger partial charge >= 0.3 is 0 Å². The van der Waals surface area contributed by atoms with Crippen LogP contribution in [0.4, 0.5) is 5.95 Å². The van der Waals surface area contributed by atoms with E-state index in [4.69, 9.17) is 21.1 Å². The molecule has 3 rings (SSSR count). The lowest BCUT2D eigenvalue weighted by molar-refractivity contribution is 0.181. The molecule has 0 spiro atoms. The fraction of sp³-hybridized carbons (Fsp3) is 0.190. The van der Waals surface area contributed by atoms with Crippen LogP contribution in [-0.4, -0.2) is 41.1 Å². The van der Waals surface area contributed by atoms with Gasteiger partial charge in [0.1, 0.15) is 11.5 Å². The summed E-state index contributed by atoms with van der Waals surface area (Å²) >= 11 is 0. The third-order valence-electron chi connectivity index (χ3n) is 4.13. The number of hydrogen-bond acceptors (Lipinski definition) is 9.